The molecule has 1 aromatic heterocycles. The number of carbonyl (C=O) groups is 1. The second-order valence-electron chi connectivity index (χ2n) is 4.21. The number of nitrogens with zero attached hydrogens (tertiary/aromatic N) is 1. The predicted molar refractivity (Wildman–Crippen MR) is 86.7 cm³/mol. The SMILES string of the molecule is CCOC(=O)c1sc2cc([N+](=O)[O-])cc(SCCO)c2c1N. The summed E-state index contributed by atoms with van der Waals surface area (Å²) >= 11 is 2.33. The molecule has 0 saturated heterocycles. The summed E-state index contributed by atoms with van der Waals surface area (Å²) in [5.41, 5.74) is 6.21. The van der Waals surface area contributed by atoms with Crippen molar-refractivity contribution in [3.8, 4) is 0 Å². The van der Waals surface area contributed by atoms with Crippen LogP contribution in [0.25, 0.3) is 10.1 Å². The highest BCUT2D eigenvalue weighted by atomic mass is 32.2. The summed E-state index contributed by atoms with van der Waals surface area (Å²) in [6.45, 7) is 1.84. The molecule has 0 unspecified atom stereocenters. The maximum Gasteiger partial charge on any atom is 0.350 e. The van der Waals surface area contributed by atoms with Crippen molar-refractivity contribution >= 4 is 50.5 Å². The fraction of sp³-hybridized carbons (Fsp3) is 0.308. The average molecular weight is 342 g/mol. The lowest BCUT2D eigenvalue weighted by atomic mass is 10.2. The molecule has 7 nitrogen and oxygen atoms in total. The minimum atomic E-state index is -0.540. The van der Waals surface area contributed by atoms with Crippen LogP contribution in [0.5, 0.6) is 0 Å². The Morgan fingerprint density at radius 2 is 2.27 bits per heavy atom. The number of nitro groups is 1. The second kappa shape index (κ2) is 6.95. The summed E-state index contributed by atoms with van der Waals surface area (Å²) < 4.78 is 5.50. The number of hydrogen-bond acceptors (Lipinski definition) is 8. The molecule has 0 spiro atoms. The Hall–Kier alpha value is -1.84. The number of esters is 1. The molecule has 0 radical (unpaired) electrons. The number of aliphatic hydroxyl groups is 1. The molecule has 118 valence electrons. The minimum absolute atomic E-state index is 0.0658. The number of non-ortho nitro benzene ring substituents is 1. The lowest BCUT2D eigenvalue weighted by Gasteiger charge is -2.04. The normalized spacial score (nSPS) is 10.8. The van der Waals surface area contributed by atoms with Gasteiger partial charge in [0, 0.05) is 32.9 Å². The number of thiophene rings is 1. The smallest absolute Gasteiger partial charge is 0.350 e. The van der Waals surface area contributed by atoms with Crippen LogP contribution in [0.15, 0.2) is 17.0 Å². The lowest BCUT2D eigenvalue weighted by molar-refractivity contribution is -0.384. The van der Waals surface area contributed by atoms with Crippen molar-refractivity contribution in [2.24, 2.45) is 0 Å². The van der Waals surface area contributed by atoms with Gasteiger partial charge < -0.3 is 15.6 Å². The Bertz CT molecular complexity index is 729. The van der Waals surface area contributed by atoms with E-state index in [-0.39, 0.29) is 29.5 Å². The molecule has 0 aliphatic carbocycles. The minimum Gasteiger partial charge on any atom is -0.462 e. The Kier molecular flexibility index (Phi) is 5.22. The fourth-order valence-electron chi connectivity index (χ4n) is 1.92. The van der Waals surface area contributed by atoms with E-state index in [1.807, 2.05) is 0 Å². The van der Waals surface area contributed by atoms with Gasteiger partial charge in [0.1, 0.15) is 4.88 Å². The van der Waals surface area contributed by atoms with Gasteiger partial charge in [-0.05, 0) is 6.92 Å². The zero-order valence-electron chi connectivity index (χ0n) is 11.7. The topological polar surface area (TPSA) is 116 Å². The molecule has 3 N–H and O–H groups in total. The van der Waals surface area contributed by atoms with Crippen LogP contribution in [-0.4, -0.2) is 35.0 Å². The molecule has 2 rings (SSSR count). The van der Waals surface area contributed by atoms with Crippen molar-refractivity contribution < 1.29 is 19.6 Å². The van der Waals surface area contributed by atoms with Crippen molar-refractivity contribution in [2.75, 3.05) is 24.7 Å². The molecular weight excluding hydrogens is 328 g/mol. The van der Waals surface area contributed by atoms with Crippen LogP contribution < -0.4 is 5.73 Å². The number of nitro benzene ring substituents is 1. The molecule has 2 aromatic rings. The third-order valence-corrected chi connectivity index (χ3v) is 4.95. The van der Waals surface area contributed by atoms with Crippen molar-refractivity contribution in [3.63, 3.8) is 0 Å². The number of ether oxygens (including phenoxy) is 1. The quantitative estimate of drug-likeness (QED) is 0.359. The van der Waals surface area contributed by atoms with Crippen LogP contribution in [0.3, 0.4) is 0 Å². The molecule has 22 heavy (non-hydrogen) atoms. The maximum absolute atomic E-state index is 11.9. The van der Waals surface area contributed by atoms with E-state index in [9.17, 15) is 14.9 Å². The molecule has 0 fully saturated rings. The van der Waals surface area contributed by atoms with Gasteiger partial charge in [0.2, 0.25) is 0 Å². The average Bonchev–Trinajstić information content (AvgIpc) is 2.82. The van der Waals surface area contributed by atoms with Crippen molar-refractivity contribution in [1.82, 2.24) is 0 Å². The summed E-state index contributed by atoms with van der Waals surface area (Å²) in [5, 5.41) is 20.6. The van der Waals surface area contributed by atoms with Gasteiger partial charge >= 0.3 is 5.97 Å². The molecular formula is C13H14N2O5S2. The van der Waals surface area contributed by atoms with E-state index in [0.717, 1.165) is 11.3 Å². The molecule has 0 amide bonds. The number of rotatable bonds is 6. The van der Waals surface area contributed by atoms with Gasteiger partial charge in [0.25, 0.3) is 5.69 Å². The molecule has 1 heterocycles. The van der Waals surface area contributed by atoms with E-state index >= 15 is 0 Å². The summed E-state index contributed by atoms with van der Waals surface area (Å²) in [6, 6.07) is 2.79. The number of anilines is 1. The predicted octanol–water partition coefficient (Wildman–Crippen LogP) is 2.65. The van der Waals surface area contributed by atoms with Crippen LogP contribution in [0.4, 0.5) is 11.4 Å². The molecule has 0 saturated carbocycles. The first-order valence-electron chi connectivity index (χ1n) is 6.40. The Morgan fingerprint density at radius 1 is 1.55 bits per heavy atom. The zero-order valence-corrected chi connectivity index (χ0v) is 13.3. The highest BCUT2D eigenvalue weighted by molar-refractivity contribution is 7.99. The van der Waals surface area contributed by atoms with Gasteiger partial charge in [0.15, 0.2) is 0 Å². The summed E-state index contributed by atoms with van der Waals surface area (Å²) in [6.07, 6.45) is 0. The van der Waals surface area contributed by atoms with Gasteiger partial charge in [-0.15, -0.1) is 23.1 Å². The zero-order chi connectivity index (χ0) is 16.3. The van der Waals surface area contributed by atoms with Crippen molar-refractivity contribution in [3.05, 3.63) is 27.1 Å². The molecule has 9 heteroatoms. The van der Waals surface area contributed by atoms with Crippen LogP contribution in [0, 0.1) is 10.1 Å². The Balaban J connectivity index is 2.63. The van der Waals surface area contributed by atoms with Gasteiger partial charge in [-0.2, -0.15) is 0 Å². The molecule has 0 bridgehead atoms. The number of benzene rings is 1. The lowest BCUT2D eigenvalue weighted by Crippen LogP contribution is -2.04. The summed E-state index contributed by atoms with van der Waals surface area (Å²) in [5.74, 6) is -0.165. The van der Waals surface area contributed by atoms with Crippen molar-refractivity contribution in [1.29, 1.82) is 0 Å². The number of fused-ring (bicyclic) bond motifs is 1. The highest BCUT2D eigenvalue weighted by Crippen LogP contribution is 2.42. The number of thioether (sulfide) groups is 1. The Labute approximate surface area is 134 Å². The fourth-order valence-corrected chi connectivity index (χ4v) is 3.94. The third kappa shape index (κ3) is 3.16. The molecule has 0 aliphatic heterocycles. The van der Waals surface area contributed by atoms with E-state index in [1.165, 1.54) is 23.9 Å². The van der Waals surface area contributed by atoms with Gasteiger partial charge in [-0.25, -0.2) is 4.79 Å². The molecule has 0 atom stereocenters. The second-order valence-corrected chi connectivity index (χ2v) is 6.40. The van der Waals surface area contributed by atoms with E-state index in [0.29, 0.717) is 20.7 Å². The monoisotopic (exact) mass is 342 g/mol. The summed E-state index contributed by atoms with van der Waals surface area (Å²) in [7, 11) is 0. The number of nitrogen functional groups attached to an aromatic ring is 1. The van der Waals surface area contributed by atoms with E-state index < -0.39 is 10.9 Å². The maximum atomic E-state index is 11.9. The number of nitrogens with two attached hydrogens (primary N) is 1. The molecule has 1 aromatic carbocycles. The first-order chi connectivity index (χ1) is 10.5. The highest BCUT2D eigenvalue weighted by Gasteiger charge is 2.22. The van der Waals surface area contributed by atoms with Crippen LogP contribution >= 0.6 is 23.1 Å². The number of carbonyl (C=O) groups excluding carboxylic acids is 1. The van der Waals surface area contributed by atoms with Crippen LogP contribution in [0.1, 0.15) is 16.6 Å². The summed E-state index contributed by atoms with van der Waals surface area (Å²) in [4.78, 5) is 23.2. The van der Waals surface area contributed by atoms with Crippen LogP contribution in [0.2, 0.25) is 0 Å². The van der Waals surface area contributed by atoms with Crippen LogP contribution in [-0.2, 0) is 4.74 Å². The van der Waals surface area contributed by atoms with E-state index in [4.69, 9.17) is 15.6 Å². The molecule has 0 aliphatic rings. The van der Waals surface area contributed by atoms with Gasteiger partial charge in [-0.3, -0.25) is 10.1 Å². The standard InChI is InChI=1S/C13H14N2O5S2/c1-2-20-13(17)12-11(14)10-8(21-4-3-16)5-7(15(18)19)6-9(10)22-12/h5-6,16H,2-4,14H2,1H3. The number of hydrogen-bond donors (Lipinski definition) is 2. The third-order valence-electron chi connectivity index (χ3n) is 2.80. The largest absolute Gasteiger partial charge is 0.462 e. The van der Waals surface area contributed by atoms with Gasteiger partial charge in [0.05, 0.1) is 23.8 Å². The van der Waals surface area contributed by atoms with E-state index in [1.54, 1.807) is 6.92 Å². The van der Waals surface area contributed by atoms with Gasteiger partial charge in [-0.1, -0.05) is 0 Å². The Morgan fingerprint density at radius 3 is 2.86 bits per heavy atom. The van der Waals surface area contributed by atoms with E-state index in [2.05, 4.69) is 0 Å². The first-order valence-corrected chi connectivity index (χ1v) is 8.21. The number of aliphatic hydroxyl groups excluding tert-OH is 1. The van der Waals surface area contributed by atoms with Crippen molar-refractivity contribution in [2.45, 2.75) is 11.8 Å². The first kappa shape index (κ1) is 16.5.